The Morgan fingerprint density at radius 3 is 3.14 bits per heavy atom. The first kappa shape index (κ1) is 15.5. The number of thiophene rings is 1. The summed E-state index contributed by atoms with van der Waals surface area (Å²) in [5, 5.41) is 1.81. The fraction of sp³-hybridized carbons (Fsp3) is 0.429. The van der Waals surface area contributed by atoms with E-state index in [4.69, 9.17) is 10.5 Å². The van der Waals surface area contributed by atoms with Crippen molar-refractivity contribution in [3.63, 3.8) is 0 Å². The lowest BCUT2D eigenvalue weighted by Gasteiger charge is -2.31. The van der Waals surface area contributed by atoms with Gasteiger partial charge in [0.2, 0.25) is 0 Å². The Labute approximate surface area is 126 Å². The molecule has 1 aromatic heterocycles. The summed E-state index contributed by atoms with van der Waals surface area (Å²) in [5.74, 6) is 5.00. The highest BCUT2D eigenvalue weighted by Gasteiger charge is 2.31. The Morgan fingerprint density at radius 2 is 2.43 bits per heavy atom. The number of carbonyl (C=O) groups is 2. The van der Waals surface area contributed by atoms with Gasteiger partial charge in [-0.2, -0.15) is 0 Å². The van der Waals surface area contributed by atoms with Gasteiger partial charge in [-0.05, 0) is 11.4 Å². The number of methoxy groups -OCH3 is 1. The van der Waals surface area contributed by atoms with Gasteiger partial charge >= 0.3 is 5.97 Å². The van der Waals surface area contributed by atoms with E-state index in [0.717, 1.165) is 0 Å². The molecule has 7 heteroatoms. The number of ether oxygens (including phenoxy) is 2. The van der Waals surface area contributed by atoms with E-state index in [1.54, 1.807) is 11.0 Å². The van der Waals surface area contributed by atoms with Crippen molar-refractivity contribution in [3.05, 3.63) is 21.9 Å². The number of nitrogens with two attached hydrogens (primary N) is 1. The predicted octanol–water partition coefficient (Wildman–Crippen LogP) is 0.0723. The standard InChI is InChI=1S/C14H16N2O4S/c1-19-14(18)11-9-16(6-7-20-11)13(17)12-10(3-2-5-15)4-8-21-12/h4,8,11H,5-7,9,15H2,1H3. The van der Waals surface area contributed by atoms with E-state index >= 15 is 0 Å². The molecule has 2 heterocycles. The van der Waals surface area contributed by atoms with Crippen molar-refractivity contribution in [1.29, 1.82) is 0 Å². The number of morpholine rings is 1. The Bertz CT molecular complexity index is 587. The van der Waals surface area contributed by atoms with Crippen molar-refractivity contribution in [2.75, 3.05) is 33.4 Å². The summed E-state index contributed by atoms with van der Waals surface area (Å²) in [4.78, 5) is 26.2. The topological polar surface area (TPSA) is 81.9 Å². The van der Waals surface area contributed by atoms with Gasteiger partial charge in [0.05, 0.1) is 26.8 Å². The van der Waals surface area contributed by atoms with Crippen LogP contribution < -0.4 is 5.73 Å². The first-order valence-corrected chi connectivity index (χ1v) is 7.30. The molecule has 112 valence electrons. The summed E-state index contributed by atoms with van der Waals surface area (Å²) in [5.41, 5.74) is 6.01. The van der Waals surface area contributed by atoms with E-state index in [2.05, 4.69) is 16.6 Å². The smallest absolute Gasteiger partial charge is 0.336 e. The fourth-order valence-electron chi connectivity index (χ4n) is 1.97. The lowest BCUT2D eigenvalue weighted by atomic mass is 10.2. The Balaban J connectivity index is 2.13. The summed E-state index contributed by atoms with van der Waals surface area (Å²) < 4.78 is 9.96. The van der Waals surface area contributed by atoms with Crippen LogP contribution in [0.2, 0.25) is 0 Å². The molecule has 1 fully saturated rings. The number of amides is 1. The number of nitrogens with zero attached hydrogens (tertiary/aromatic N) is 1. The molecule has 21 heavy (non-hydrogen) atoms. The van der Waals surface area contributed by atoms with Gasteiger partial charge in [0.25, 0.3) is 5.91 Å². The zero-order valence-electron chi connectivity index (χ0n) is 11.6. The fourth-order valence-corrected chi connectivity index (χ4v) is 2.79. The number of carbonyl (C=O) groups excluding carboxylic acids is 2. The molecule has 1 unspecified atom stereocenters. The Hall–Kier alpha value is -1.88. The quantitative estimate of drug-likeness (QED) is 0.618. The van der Waals surface area contributed by atoms with Gasteiger partial charge in [0.15, 0.2) is 6.10 Å². The maximum atomic E-state index is 12.5. The zero-order valence-corrected chi connectivity index (χ0v) is 12.4. The molecule has 1 aliphatic rings. The second kappa shape index (κ2) is 7.22. The van der Waals surface area contributed by atoms with Crippen LogP contribution in [0.1, 0.15) is 15.2 Å². The van der Waals surface area contributed by atoms with Crippen LogP contribution >= 0.6 is 11.3 Å². The predicted molar refractivity (Wildman–Crippen MR) is 77.9 cm³/mol. The molecule has 1 atom stereocenters. The van der Waals surface area contributed by atoms with Crippen LogP contribution in [0, 0.1) is 11.8 Å². The number of rotatable bonds is 2. The van der Waals surface area contributed by atoms with Crippen LogP contribution in [0.4, 0.5) is 0 Å². The molecule has 0 saturated carbocycles. The third kappa shape index (κ3) is 3.61. The largest absolute Gasteiger partial charge is 0.467 e. The van der Waals surface area contributed by atoms with E-state index in [1.807, 2.05) is 5.38 Å². The van der Waals surface area contributed by atoms with Crippen LogP contribution in [0.15, 0.2) is 11.4 Å². The normalized spacial score (nSPS) is 17.8. The van der Waals surface area contributed by atoms with Gasteiger partial charge in [-0.3, -0.25) is 4.79 Å². The molecular weight excluding hydrogens is 292 g/mol. The van der Waals surface area contributed by atoms with Crippen LogP contribution in [-0.2, 0) is 14.3 Å². The van der Waals surface area contributed by atoms with Crippen molar-refractivity contribution < 1.29 is 19.1 Å². The van der Waals surface area contributed by atoms with Crippen molar-refractivity contribution in [1.82, 2.24) is 4.90 Å². The average Bonchev–Trinajstić information content (AvgIpc) is 2.99. The first-order chi connectivity index (χ1) is 10.2. The average molecular weight is 308 g/mol. The lowest BCUT2D eigenvalue weighted by molar-refractivity contribution is -0.158. The summed E-state index contributed by atoms with van der Waals surface area (Å²) >= 11 is 1.33. The van der Waals surface area contributed by atoms with E-state index in [-0.39, 0.29) is 19.0 Å². The summed E-state index contributed by atoms with van der Waals surface area (Å²) in [6.07, 6.45) is -0.730. The lowest BCUT2D eigenvalue weighted by Crippen LogP contribution is -2.48. The maximum Gasteiger partial charge on any atom is 0.336 e. The highest BCUT2D eigenvalue weighted by molar-refractivity contribution is 7.12. The van der Waals surface area contributed by atoms with E-state index < -0.39 is 12.1 Å². The Kier molecular flexibility index (Phi) is 5.33. The van der Waals surface area contributed by atoms with Crippen molar-refractivity contribution >= 4 is 23.2 Å². The summed E-state index contributed by atoms with van der Waals surface area (Å²) in [7, 11) is 1.30. The molecule has 1 aliphatic heterocycles. The number of hydrogen-bond donors (Lipinski definition) is 1. The van der Waals surface area contributed by atoms with Gasteiger partial charge in [0, 0.05) is 12.1 Å². The second-order valence-corrected chi connectivity index (χ2v) is 5.22. The monoisotopic (exact) mass is 308 g/mol. The molecule has 1 saturated heterocycles. The van der Waals surface area contributed by atoms with Crippen LogP contribution in [0.25, 0.3) is 0 Å². The number of esters is 1. The van der Waals surface area contributed by atoms with Gasteiger partial charge in [-0.15, -0.1) is 11.3 Å². The highest BCUT2D eigenvalue weighted by Crippen LogP contribution is 2.20. The summed E-state index contributed by atoms with van der Waals surface area (Å²) in [6.45, 7) is 1.17. The minimum Gasteiger partial charge on any atom is -0.467 e. The van der Waals surface area contributed by atoms with E-state index in [9.17, 15) is 9.59 Å². The minimum absolute atomic E-state index is 0.150. The first-order valence-electron chi connectivity index (χ1n) is 6.42. The van der Waals surface area contributed by atoms with Gasteiger partial charge in [-0.25, -0.2) is 4.79 Å². The molecule has 1 amide bonds. The summed E-state index contributed by atoms with van der Waals surface area (Å²) in [6, 6.07) is 1.79. The molecular formula is C14H16N2O4S. The van der Waals surface area contributed by atoms with E-state index in [0.29, 0.717) is 23.6 Å². The molecule has 6 nitrogen and oxygen atoms in total. The molecule has 2 N–H and O–H groups in total. The highest BCUT2D eigenvalue weighted by atomic mass is 32.1. The third-order valence-electron chi connectivity index (χ3n) is 3.00. The molecule has 1 aromatic rings. The van der Waals surface area contributed by atoms with Gasteiger partial charge in [0.1, 0.15) is 4.88 Å². The molecule has 2 rings (SSSR count). The third-order valence-corrected chi connectivity index (χ3v) is 3.90. The molecule has 0 aliphatic carbocycles. The van der Waals surface area contributed by atoms with Crippen LogP contribution in [0.3, 0.4) is 0 Å². The van der Waals surface area contributed by atoms with Crippen LogP contribution in [-0.4, -0.2) is 56.2 Å². The van der Waals surface area contributed by atoms with E-state index in [1.165, 1.54) is 18.4 Å². The SMILES string of the molecule is COC(=O)C1CN(C(=O)c2sccc2C#CCN)CCO1. The number of hydrogen-bond acceptors (Lipinski definition) is 6. The zero-order chi connectivity index (χ0) is 15.2. The molecule has 0 aromatic carbocycles. The molecule has 0 radical (unpaired) electrons. The maximum absolute atomic E-state index is 12.5. The molecule has 0 spiro atoms. The minimum atomic E-state index is -0.730. The van der Waals surface area contributed by atoms with Gasteiger partial charge in [-0.1, -0.05) is 11.8 Å². The Morgan fingerprint density at radius 1 is 1.62 bits per heavy atom. The van der Waals surface area contributed by atoms with Gasteiger partial charge < -0.3 is 20.1 Å². The second-order valence-electron chi connectivity index (χ2n) is 4.30. The van der Waals surface area contributed by atoms with Crippen LogP contribution in [0.5, 0.6) is 0 Å². The van der Waals surface area contributed by atoms with Crippen molar-refractivity contribution in [2.24, 2.45) is 5.73 Å². The molecule has 0 bridgehead atoms. The van der Waals surface area contributed by atoms with Crippen molar-refractivity contribution in [3.8, 4) is 11.8 Å². The van der Waals surface area contributed by atoms with Crippen molar-refractivity contribution in [2.45, 2.75) is 6.10 Å².